The van der Waals surface area contributed by atoms with Gasteiger partial charge in [0, 0.05) is 6.04 Å². The zero-order valence-electron chi connectivity index (χ0n) is 18.2. The molecule has 9 nitrogen and oxygen atoms in total. The zero-order chi connectivity index (χ0) is 23.3. The smallest absolute Gasteiger partial charge is 0.322 e. The van der Waals surface area contributed by atoms with Gasteiger partial charge in [0.15, 0.2) is 0 Å². The summed E-state index contributed by atoms with van der Waals surface area (Å²) in [5.41, 5.74) is 6.24. The summed E-state index contributed by atoms with van der Waals surface area (Å²) in [7, 11) is -4.49. The monoisotopic (exact) mass is 466 g/mol. The number of benzene rings is 1. The first-order valence-corrected chi connectivity index (χ1v) is 12.8. The molecule has 2 fully saturated rings. The molecule has 5 atom stereocenters. The molecule has 0 aromatic heterocycles. The van der Waals surface area contributed by atoms with E-state index in [2.05, 4.69) is 5.32 Å². The van der Waals surface area contributed by atoms with E-state index in [-0.39, 0.29) is 18.9 Å². The van der Waals surface area contributed by atoms with Gasteiger partial charge in [-0.2, -0.15) is 12.7 Å². The van der Waals surface area contributed by atoms with Crippen LogP contribution in [0.1, 0.15) is 50.5 Å². The third-order valence-electron chi connectivity index (χ3n) is 6.77. The molecule has 10 heteroatoms. The van der Waals surface area contributed by atoms with E-state index < -0.39 is 34.2 Å². The fraction of sp³-hybridized carbons (Fsp3) is 0.636. The van der Waals surface area contributed by atoms with Gasteiger partial charge in [-0.1, -0.05) is 36.8 Å². The van der Waals surface area contributed by atoms with Crippen LogP contribution in [0, 0.1) is 11.8 Å². The zero-order valence-corrected chi connectivity index (χ0v) is 19.0. The molecule has 2 saturated carbocycles. The number of nitrogens with zero attached hydrogens (tertiary/aromatic N) is 1. The second-order valence-electron chi connectivity index (χ2n) is 9.01. The highest BCUT2D eigenvalue weighted by atomic mass is 32.2. The van der Waals surface area contributed by atoms with Gasteiger partial charge in [0.2, 0.25) is 5.91 Å². The molecule has 0 saturated heterocycles. The van der Waals surface area contributed by atoms with E-state index in [0.717, 1.165) is 31.2 Å². The minimum atomic E-state index is -4.49. The van der Waals surface area contributed by atoms with Crippen LogP contribution in [-0.4, -0.2) is 54.4 Å². The number of carboxylic acids is 1. The Hall–Kier alpha value is -2.01. The third-order valence-corrected chi connectivity index (χ3v) is 7.86. The molecule has 2 bridgehead atoms. The number of amides is 1. The van der Waals surface area contributed by atoms with Crippen LogP contribution in [0.3, 0.4) is 0 Å². The summed E-state index contributed by atoms with van der Waals surface area (Å²) in [6, 6.07) is 6.24. The predicted octanol–water partition coefficient (Wildman–Crippen LogP) is 0.990. The van der Waals surface area contributed by atoms with E-state index >= 15 is 0 Å². The van der Waals surface area contributed by atoms with Crippen LogP contribution in [0.2, 0.25) is 0 Å². The number of aliphatic carboxylic acids is 1. The van der Waals surface area contributed by atoms with Gasteiger partial charge in [-0.25, -0.2) is 5.14 Å². The predicted molar refractivity (Wildman–Crippen MR) is 121 cm³/mol. The highest BCUT2D eigenvalue weighted by Gasteiger charge is 2.45. The van der Waals surface area contributed by atoms with Gasteiger partial charge in [-0.15, -0.1) is 0 Å². The average Bonchev–Trinajstić information content (AvgIpc) is 3.35. The SMILES string of the molecule is NCCCC[C@@H](C(=O)O)N([C@@H](Cc1ccccc1)C(=O)NC1C[C@@H]2CC[C@H]1C2)S(N)(=O)=O. The lowest BCUT2D eigenvalue weighted by atomic mass is 9.94. The molecule has 2 aliphatic carbocycles. The minimum Gasteiger partial charge on any atom is -0.480 e. The summed E-state index contributed by atoms with van der Waals surface area (Å²) in [6.45, 7) is 0.361. The van der Waals surface area contributed by atoms with Crippen LogP contribution in [0.5, 0.6) is 0 Å². The Bertz CT molecular complexity index is 895. The van der Waals surface area contributed by atoms with E-state index in [4.69, 9.17) is 10.9 Å². The van der Waals surface area contributed by atoms with Crippen molar-refractivity contribution < 1.29 is 23.1 Å². The number of unbranched alkanes of at least 4 members (excludes halogenated alkanes) is 1. The first-order chi connectivity index (χ1) is 15.2. The second kappa shape index (κ2) is 10.7. The van der Waals surface area contributed by atoms with Crippen molar-refractivity contribution in [2.75, 3.05) is 6.54 Å². The lowest BCUT2D eigenvalue weighted by molar-refractivity contribution is -0.143. The molecule has 0 aliphatic heterocycles. The number of hydrogen-bond acceptors (Lipinski definition) is 5. The molecule has 32 heavy (non-hydrogen) atoms. The van der Waals surface area contributed by atoms with E-state index in [0.29, 0.717) is 35.5 Å². The third kappa shape index (κ3) is 6.06. The lowest BCUT2D eigenvalue weighted by Crippen LogP contribution is -2.60. The van der Waals surface area contributed by atoms with Crippen LogP contribution in [-0.2, 0) is 26.2 Å². The summed E-state index contributed by atoms with van der Waals surface area (Å²) in [5, 5.41) is 18.4. The van der Waals surface area contributed by atoms with Crippen molar-refractivity contribution >= 4 is 22.1 Å². The Kier molecular flexibility index (Phi) is 8.26. The van der Waals surface area contributed by atoms with Gasteiger partial charge in [0.1, 0.15) is 12.1 Å². The first kappa shape index (κ1) is 24.6. The molecule has 6 N–H and O–H groups in total. The van der Waals surface area contributed by atoms with Crippen molar-refractivity contribution in [1.82, 2.24) is 9.62 Å². The number of rotatable bonds is 12. The van der Waals surface area contributed by atoms with Gasteiger partial charge in [-0.05, 0) is 68.9 Å². The number of hydrogen-bond donors (Lipinski definition) is 4. The van der Waals surface area contributed by atoms with Gasteiger partial charge < -0.3 is 16.2 Å². The highest BCUT2D eigenvalue weighted by molar-refractivity contribution is 7.86. The Labute approximate surface area is 189 Å². The summed E-state index contributed by atoms with van der Waals surface area (Å²) in [4.78, 5) is 25.5. The number of carbonyl (C=O) groups excluding carboxylic acids is 1. The van der Waals surface area contributed by atoms with E-state index in [1.54, 1.807) is 24.3 Å². The van der Waals surface area contributed by atoms with Crippen LogP contribution in [0.15, 0.2) is 30.3 Å². The fourth-order valence-corrected chi connectivity index (χ4v) is 6.32. The molecule has 1 amide bonds. The molecule has 1 unspecified atom stereocenters. The standard InChI is InChI=1S/C22H34N4O5S/c23-11-5-4-8-19(22(28)29)26(32(24,30)31)20(14-15-6-2-1-3-7-15)21(27)25-18-13-16-9-10-17(18)12-16/h1-3,6-7,16-20H,4-5,8-14,23H2,(H,25,27)(H,28,29)(H2,24,30,31)/t16-,17+,18?,19+,20+/m1/s1. The Balaban J connectivity index is 1.91. The molecule has 1 aromatic rings. The topological polar surface area (TPSA) is 156 Å². The van der Waals surface area contributed by atoms with Crippen molar-refractivity contribution in [3.05, 3.63) is 35.9 Å². The van der Waals surface area contributed by atoms with Crippen LogP contribution >= 0.6 is 0 Å². The Morgan fingerprint density at radius 3 is 2.38 bits per heavy atom. The van der Waals surface area contributed by atoms with Gasteiger partial charge >= 0.3 is 5.97 Å². The normalized spacial score (nSPS) is 24.4. The van der Waals surface area contributed by atoms with E-state index in [1.165, 1.54) is 0 Å². The van der Waals surface area contributed by atoms with Crippen molar-refractivity contribution in [3.63, 3.8) is 0 Å². The molecule has 178 valence electrons. The number of carbonyl (C=O) groups is 2. The van der Waals surface area contributed by atoms with Gasteiger partial charge in [-0.3, -0.25) is 9.59 Å². The van der Waals surface area contributed by atoms with Crippen molar-refractivity contribution in [3.8, 4) is 0 Å². The molecule has 0 radical (unpaired) electrons. The summed E-state index contributed by atoms with van der Waals surface area (Å²) >= 11 is 0. The Morgan fingerprint density at radius 2 is 1.84 bits per heavy atom. The molecule has 2 aliphatic rings. The molecule has 3 rings (SSSR count). The largest absolute Gasteiger partial charge is 0.480 e. The maximum Gasteiger partial charge on any atom is 0.322 e. The number of fused-ring (bicyclic) bond motifs is 2. The summed E-state index contributed by atoms with van der Waals surface area (Å²) in [6.07, 6.45) is 5.17. The van der Waals surface area contributed by atoms with Crippen molar-refractivity contribution in [2.24, 2.45) is 22.7 Å². The quantitative estimate of drug-likeness (QED) is 0.337. The molecular formula is C22H34N4O5S. The van der Waals surface area contributed by atoms with Crippen LogP contribution in [0.4, 0.5) is 0 Å². The molecule has 1 aromatic carbocycles. The Morgan fingerprint density at radius 1 is 1.12 bits per heavy atom. The lowest BCUT2D eigenvalue weighted by Gasteiger charge is -2.34. The maximum absolute atomic E-state index is 13.4. The maximum atomic E-state index is 13.4. The van der Waals surface area contributed by atoms with Crippen molar-refractivity contribution in [1.29, 1.82) is 0 Å². The number of nitrogens with two attached hydrogens (primary N) is 2. The summed E-state index contributed by atoms with van der Waals surface area (Å²) in [5.74, 6) is -0.841. The van der Waals surface area contributed by atoms with Crippen LogP contribution < -0.4 is 16.2 Å². The van der Waals surface area contributed by atoms with Crippen LogP contribution in [0.25, 0.3) is 0 Å². The molecular weight excluding hydrogens is 432 g/mol. The highest BCUT2D eigenvalue weighted by Crippen LogP contribution is 2.44. The van der Waals surface area contributed by atoms with E-state index in [9.17, 15) is 23.1 Å². The molecule has 0 spiro atoms. The van der Waals surface area contributed by atoms with Gasteiger partial charge in [0.05, 0.1) is 0 Å². The number of carboxylic acid groups (broad SMARTS) is 1. The average molecular weight is 467 g/mol. The number of nitrogens with one attached hydrogen (secondary N) is 1. The fourth-order valence-electron chi connectivity index (χ4n) is 5.25. The first-order valence-electron chi connectivity index (χ1n) is 11.3. The summed E-state index contributed by atoms with van der Waals surface area (Å²) < 4.78 is 26.0. The van der Waals surface area contributed by atoms with E-state index in [1.807, 2.05) is 6.07 Å². The molecule has 0 heterocycles. The minimum absolute atomic E-state index is 0.0117. The van der Waals surface area contributed by atoms with Crippen molar-refractivity contribution in [2.45, 2.75) is 69.5 Å². The second-order valence-corrected chi connectivity index (χ2v) is 10.5. The van der Waals surface area contributed by atoms with Gasteiger partial charge in [0.25, 0.3) is 10.2 Å².